The van der Waals surface area contributed by atoms with Gasteiger partial charge in [-0.05, 0) is 55.7 Å². The van der Waals surface area contributed by atoms with E-state index in [1.807, 2.05) is 57.0 Å². The van der Waals surface area contributed by atoms with Crippen LogP contribution < -0.4 is 9.62 Å². The number of aryl methyl sites for hydroxylation is 3. The number of ketones is 1. The Morgan fingerprint density at radius 1 is 0.974 bits per heavy atom. The SMILES string of the molecule is Cc1cc(C)c(S(=O)(=O)Nc2ccccc2C(=O)OCC(=O)C=C2N(C)c3ccccc3C2(C)C)c(C)c1. The van der Waals surface area contributed by atoms with Gasteiger partial charge in [0.05, 0.1) is 16.1 Å². The Bertz CT molecular complexity index is 1550. The first kappa shape index (κ1) is 27.1. The number of ether oxygens (including phenoxy) is 1. The summed E-state index contributed by atoms with van der Waals surface area (Å²) in [6, 6.07) is 17.7. The lowest BCUT2D eigenvalue weighted by atomic mass is 9.83. The standard InChI is InChI=1S/C30H32N2O5S/c1-19-15-20(2)28(21(3)16-19)38(35,36)31-25-13-9-7-11-23(25)29(34)37-18-22(33)17-27-30(4,5)24-12-8-10-14-26(24)32(27)6/h7-17,31H,18H2,1-6H3. The molecule has 0 spiro atoms. The predicted molar refractivity (Wildman–Crippen MR) is 149 cm³/mol. The van der Waals surface area contributed by atoms with E-state index in [4.69, 9.17) is 4.74 Å². The number of benzene rings is 3. The quantitative estimate of drug-likeness (QED) is 0.321. The van der Waals surface area contributed by atoms with Crippen LogP contribution in [0.5, 0.6) is 0 Å². The van der Waals surface area contributed by atoms with Gasteiger partial charge in [-0.3, -0.25) is 9.52 Å². The minimum atomic E-state index is -3.98. The van der Waals surface area contributed by atoms with E-state index in [1.165, 1.54) is 18.2 Å². The fourth-order valence-corrected chi connectivity index (χ4v) is 6.74. The van der Waals surface area contributed by atoms with E-state index in [1.54, 1.807) is 38.1 Å². The Hall–Kier alpha value is -3.91. The molecule has 198 valence electrons. The van der Waals surface area contributed by atoms with Crippen molar-refractivity contribution in [2.24, 2.45) is 0 Å². The molecular formula is C30H32N2O5S. The molecule has 3 aromatic carbocycles. The molecule has 1 heterocycles. The first-order valence-corrected chi connectivity index (χ1v) is 13.8. The number of allylic oxidation sites excluding steroid dienone is 1. The van der Waals surface area contributed by atoms with Gasteiger partial charge >= 0.3 is 5.97 Å². The predicted octanol–water partition coefficient (Wildman–Crippen LogP) is 5.45. The summed E-state index contributed by atoms with van der Waals surface area (Å²) >= 11 is 0. The van der Waals surface area contributed by atoms with E-state index in [-0.39, 0.29) is 27.3 Å². The van der Waals surface area contributed by atoms with Crippen LogP contribution in [0.25, 0.3) is 0 Å². The van der Waals surface area contributed by atoms with Crippen molar-refractivity contribution in [3.05, 3.63) is 100 Å². The van der Waals surface area contributed by atoms with Gasteiger partial charge in [0.15, 0.2) is 12.4 Å². The minimum Gasteiger partial charge on any atom is -0.454 e. The summed E-state index contributed by atoms with van der Waals surface area (Å²) in [6.45, 7) is 8.98. The monoisotopic (exact) mass is 532 g/mol. The van der Waals surface area contributed by atoms with E-state index in [2.05, 4.69) is 4.72 Å². The van der Waals surface area contributed by atoms with Crippen molar-refractivity contribution in [3.63, 3.8) is 0 Å². The fourth-order valence-electron chi connectivity index (χ4n) is 5.20. The smallest absolute Gasteiger partial charge is 0.340 e. The summed E-state index contributed by atoms with van der Waals surface area (Å²) in [5.74, 6) is -1.17. The second kappa shape index (κ2) is 10.1. The van der Waals surface area contributed by atoms with Crippen molar-refractivity contribution in [1.29, 1.82) is 0 Å². The van der Waals surface area contributed by atoms with E-state index in [9.17, 15) is 18.0 Å². The Balaban J connectivity index is 1.51. The number of nitrogens with one attached hydrogen (secondary N) is 1. The van der Waals surface area contributed by atoms with E-state index in [0.29, 0.717) is 11.1 Å². The summed E-state index contributed by atoms with van der Waals surface area (Å²) < 4.78 is 34.3. The van der Waals surface area contributed by atoms with Gasteiger partial charge in [0.2, 0.25) is 0 Å². The molecule has 8 heteroatoms. The van der Waals surface area contributed by atoms with Gasteiger partial charge in [-0.2, -0.15) is 0 Å². The average molecular weight is 533 g/mol. The highest BCUT2D eigenvalue weighted by atomic mass is 32.2. The summed E-state index contributed by atoms with van der Waals surface area (Å²) in [7, 11) is -2.08. The first-order chi connectivity index (χ1) is 17.8. The molecule has 38 heavy (non-hydrogen) atoms. The van der Waals surface area contributed by atoms with Crippen LogP contribution in [0.1, 0.15) is 46.5 Å². The van der Waals surface area contributed by atoms with Crippen molar-refractivity contribution in [1.82, 2.24) is 0 Å². The Kier molecular flexibility index (Phi) is 7.21. The van der Waals surface area contributed by atoms with Gasteiger partial charge in [0.25, 0.3) is 10.0 Å². The maximum Gasteiger partial charge on any atom is 0.340 e. The summed E-state index contributed by atoms with van der Waals surface area (Å²) in [5, 5.41) is 0. The Labute approximate surface area is 224 Å². The van der Waals surface area contributed by atoms with Gasteiger partial charge < -0.3 is 9.64 Å². The maximum absolute atomic E-state index is 13.2. The molecular weight excluding hydrogens is 500 g/mol. The number of fused-ring (bicyclic) bond motifs is 1. The van der Waals surface area contributed by atoms with Crippen molar-refractivity contribution in [2.45, 2.75) is 44.9 Å². The number of para-hydroxylation sites is 2. The number of esters is 1. The highest BCUT2D eigenvalue weighted by molar-refractivity contribution is 7.92. The summed E-state index contributed by atoms with van der Waals surface area (Å²) in [5.41, 5.74) is 4.82. The molecule has 0 saturated carbocycles. The van der Waals surface area contributed by atoms with Gasteiger partial charge in [-0.1, -0.05) is 61.9 Å². The average Bonchev–Trinajstić information content (AvgIpc) is 3.02. The zero-order valence-electron chi connectivity index (χ0n) is 22.5. The maximum atomic E-state index is 13.2. The van der Waals surface area contributed by atoms with Crippen LogP contribution in [0.2, 0.25) is 0 Å². The molecule has 0 unspecified atom stereocenters. The molecule has 0 fully saturated rings. The topological polar surface area (TPSA) is 92.8 Å². The molecule has 0 bridgehead atoms. The van der Waals surface area contributed by atoms with E-state index in [0.717, 1.165) is 22.5 Å². The second-order valence-electron chi connectivity index (χ2n) is 10.2. The number of carbonyl (C=O) groups excluding carboxylic acids is 2. The molecule has 0 amide bonds. The van der Waals surface area contributed by atoms with Crippen LogP contribution in [0.4, 0.5) is 11.4 Å². The lowest BCUT2D eigenvalue weighted by molar-refractivity contribution is -0.117. The third-order valence-corrected chi connectivity index (χ3v) is 8.52. The third kappa shape index (κ3) is 5.09. The molecule has 0 saturated heterocycles. The number of hydrogen-bond donors (Lipinski definition) is 1. The molecule has 0 aliphatic carbocycles. The summed E-state index contributed by atoms with van der Waals surface area (Å²) in [6.07, 6.45) is 1.50. The normalized spacial score (nSPS) is 15.3. The number of anilines is 2. The zero-order chi connectivity index (χ0) is 27.8. The van der Waals surface area contributed by atoms with Gasteiger partial charge in [0.1, 0.15) is 0 Å². The van der Waals surface area contributed by atoms with Crippen LogP contribution in [-0.2, 0) is 25.0 Å². The number of rotatable bonds is 7. The molecule has 0 aromatic heterocycles. The number of sulfonamides is 1. The molecule has 4 rings (SSSR count). The lowest BCUT2D eigenvalue weighted by Gasteiger charge is -2.23. The van der Waals surface area contributed by atoms with Crippen molar-refractivity contribution < 1.29 is 22.7 Å². The van der Waals surface area contributed by atoms with Crippen molar-refractivity contribution >= 4 is 33.2 Å². The van der Waals surface area contributed by atoms with Crippen molar-refractivity contribution in [3.8, 4) is 0 Å². The van der Waals surface area contributed by atoms with E-state index >= 15 is 0 Å². The zero-order valence-corrected chi connectivity index (χ0v) is 23.3. The highest BCUT2D eigenvalue weighted by Crippen LogP contribution is 2.46. The van der Waals surface area contributed by atoms with E-state index < -0.39 is 22.6 Å². The minimum absolute atomic E-state index is 0.0182. The molecule has 0 radical (unpaired) electrons. The number of hydrogen-bond acceptors (Lipinski definition) is 6. The van der Waals surface area contributed by atoms with Crippen molar-refractivity contribution in [2.75, 3.05) is 23.3 Å². The lowest BCUT2D eigenvalue weighted by Crippen LogP contribution is -2.25. The number of nitrogens with zero attached hydrogens (tertiary/aromatic N) is 1. The second-order valence-corrected chi connectivity index (χ2v) is 11.8. The Morgan fingerprint density at radius 3 is 2.24 bits per heavy atom. The Morgan fingerprint density at radius 2 is 1.58 bits per heavy atom. The van der Waals surface area contributed by atoms with Crippen LogP contribution in [-0.4, -0.2) is 33.8 Å². The summed E-state index contributed by atoms with van der Waals surface area (Å²) in [4.78, 5) is 27.9. The van der Waals surface area contributed by atoms with Crippen LogP contribution >= 0.6 is 0 Å². The number of likely N-dealkylation sites (N-methyl/N-ethyl adjacent to an activating group) is 1. The largest absolute Gasteiger partial charge is 0.454 e. The molecule has 0 atom stereocenters. The van der Waals surface area contributed by atoms with Crippen LogP contribution in [0.15, 0.2) is 77.3 Å². The first-order valence-electron chi connectivity index (χ1n) is 12.3. The highest BCUT2D eigenvalue weighted by Gasteiger charge is 2.38. The number of carbonyl (C=O) groups is 2. The van der Waals surface area contributed by atoms with Gasteiger partial charge in [-0.15, -0.1) is 0 Å². The molecule has 1 aliphatic heterocycles. The van der Waals surface area contributed by atoms with Crippen LogP contribution in [0.3, 0.4) is 0 Å². The molecule has 1 N–H and O–H groups in total. The molecule has 7 nitrogen and oxygen atoms in total. The van der Waals surface area contributed by atoms with Crippen LogP contribution in [0, 0.1) is 20.8 Å². The third-order valence-electron chi connectivity index (χ3n) is 6.85. The van der Waals surface area contributed by atoms with Gasteiger partial charge in [-0.25, -0.2) is 13.2 Å². The van der Waals surface area contributed by atoms with Gasteiger partial charge in [0, 0.05) is 29.9 Å². The molecule has 1 aliphatic rings. The molecule has 3 aromatic rings. The fraction of sp³-hybridized carbons (Fsp3) is 0.267.